The van der Waals surface area contributed by atoms with Gasteiger partial charge in [0.2, 0.25) is 14.7 Å². The number of hydrogen-bond acceptors (Lipinski definition) is 7. The second-order valence-electron chi connectivity index (χ2n) is 9.07. The maximum Gasteiger partial charge on any atom is 0.347 e. The largest absolute Gasteiger partial charge is 0.464 e. The van der Waals surface area contributed by atoms with Gasteiger partial charge < -0.3 is 15.8 Å². The molecule has 0 saturated heterocycles. The van der Waals surface area contributed by atoms with E-state index in [0.717, 1.165) is 11.6 Å². The highest BCUT2D eigenvalue weighted by atomic mass is 35.5. The number of sulfone groups is 1. The van der Waals surface area contributed by atoms with Gasteiger partial charge in [-0.15, -0.1) is 0 Å². The molecule has 9 nitrogen and oxygen atoms in total. The lowest BCUT2D eigenvalue weighted by atomic mass is 9.98. The zero-order valence-corrected chi connectivity index (χ0v) is 24.1. The third-order valence-electron chi connectivity index (χ3n) is 6.46. The van der Waals surface area contributed by atoms with E-state index in [-0.39, 0.29) is 40.2 Å². The van der Waals surface area contributed by atoms with Crippen molar-refractivity contribution < 1.29 is 22.7 Å². The number of fused-ring (bicyclic) bond motifs is 1. The molecule has 12 heteroatoms. The van der Waals surface area contributed by atoms with Crippen LogP contribution in [-0.4, -0.2) is 32.7 Å². The van der Waals surface area contributed by atoms with E-state index in [4.69, 9.17) is 44.8 Å². The Hall–Kier alpha value is -3.96. The van der Waals surface area contributed by atoms with E-state index in [0.29, 0.717) is 16.3 Å². The number of carbonyl (C=O) groups excluding carboxylic acids is 2. The average Bonchev–Trinajstić information content (AvgIpc) is 2.96. The summed E-state index contributed by atoms with van der Waals surface area (Å²) < 4.78 is 33.0. The predicted octanol–water partition coefficient (Wildman–Crippen LogP) is 4.51. The van der Waals surface area contributed by atoms with Crippen molar-refractivity contribution in [3.8, 4) is 0 Å². The number of halogens is 2. The second-order valence-corrected chi connectivity index (χ2v) is 12.0. The molecule has 0 aliphatic rings. The van der Waals surface area contributed by atoms with Crippen molar-refractivity contribution in [3.63, 3.8) is 0 Å². The van der Waals surface area contributed by atoms with Gasteiger partial charge in [-0.3, -0.25) is 15.9 Å². The van der Waals surface area contributed by atoms with Gasteiger partial charge in [0.05, 0.1) is 16.5 Å². The Morgan fingerprint density at radius 3 is 2.37 bits per heavy atom. The zero-order chi connectivity index (χ0) is 29.9. The molecule has 1 amide bonds. The highest BCUT2D eigenvalue weighted by Gasteiger charge is 2.52. The van der Waals surface area contributed by atoms with E-state index >= 15 is 0 Å². The van der Waals surface area contributed by atoms with Crippen LogP contribution in [0, 0.1) is 5.41 Å². The molecule has 0 saturated carbocycles. The van der Waals surface area contributed by atoms with E-state index in [9.17, 15) is 18.0 Å². The van der Waals surface area contributed by atoms with Crippen molar-refractivity contribution in [1.82, 2.24) is 5.32 Å². The van der Waals surface area contributed by atoms with Crippen LogP contribution in [0.5, 0.6) is 0 Å². The zero-order valence-electron chi connectivity index (χ0n) is 21.8. The molecule has 1 atom stereocenters. The summed E-state index contributed by atoms with van der Waals surface area (Å²) in [4.78, 5) is 23.4. The SMILES string of the molecule is CCOC(=O)C(N)(c1ccc2cccc(C(=O)NCc3ccc(C(=N)N)cc3)c2c1)S(=O)(=O)c1cc(Cl)ccc1Cl. The summed E-state index contributed by atoms with van der Waals surface area (Å²) in [5.74, 6) is -1.72. The first-order chi connectivity index (χ1) is 19.4. The maximum atomic E-state index is 14.0. The van der Waals surface area contributed by atoms with Crippen LogP contribution in [0.2, 0.25) is 10.0 Å². The summed E-state index contributed by atoms with van der Waals surface area (Å²) in [6.07, 6.45) is 0. The Labute approximate surface area is 246 Å². The molecule has 6 N–H and O–H groups in total. The average molecular weight is 614 g/mol. The number of amidine groups is 1. The number of nitrogens with two attached hydrogens (primary N) is 2. The molecule has 4 aromatic rings. The first-order valence-corrected chi connectivity index (χ1v) is 14.5. The molecule has 0 fully saturated rings. The van der Waals surface area contributed by atoms with Crippen LogP contribution in [0.3, 0.4) is 0 Å². The minimum Gasteiger partial charge on any atom is -0.464 e. The van der Waals surface area contributed by atoms with Gasteiger partial charge in [0.1, 0.15) is 5.84 Å². The molecule has 0 heterocycles. The van der Waals surface area contributed by atoms with Crippen molar-refractivity contribution >= 4 is 61.5 Å². The highest BCUT2D eigenvalue weighted by molar-refractivity contribution is 7.93. The van der Waals surface area contributed by atoms with Gasteiger partial charge in [0, 0.05) is 22.7 Å². The van der Waals surface area contributed by atoms with Gasteiger partial charge in [-0.1, -0.05) is 71.7 Å². The Bertz CT molecular complexity index is 1780. The minimum atomic E-state index is -4.72. The summed E-state index contributed by atoms with van der Waals surface area (Å²) >= 11 is 12.3. The topological polar surface area (TPSA) is 165 Å². The number of benzene rings is 4. The van der Waals surface area contributed by atoms with Crippen LogP contribution in [0.25, 0.3) is 10.8 Å². The van der Waals surface area contributed by atoms with E-state index < -0.39 is 31.5 Å². The van der Waals surface area contributed by atoms with Crippen LogP contribution >= 0.6 is 23.2 Å². The summed E-state index contributed by atoms with van der Waals surface area (Å²) in [5.41, 5.74) is 13.4. The molecule has 0 aromatic heterocycles. The molecule has 4 rings (SSSR count). The van der Waals surface area contributed by atoms with Gasteiger partial charge >= 0.3 is 5.97 Å². The lowest BCUT2D eigenvalue weighted by molar-refractivity contribution is -0.146. The van der Waals surface area contributed by atoms with Gasteiger partial charge in [-0.05, 0) is 59.2 Å². The predicted molar refractivity (Wildman–Crippen MR) is 159 cm³/mol. The smallest absolute Gasteiger partial charge is 0.347 e. The van der Waals surface area contributed by atoms with Gasteiger partial charge in [-0.2, -0.15) is 0 Å². The number of rotatable bonds is 9. The second kappa shape index (κ2) is 11.9. The molecule has 1 unspecified atom stereocenters. The number of amides is 1. The molecule has 0 radical (unpaired) electrons. The number of nitrogen functional groups attached to an aromatic ring is 1. The Morgan fingerprint density at radius 1 is 1.00 bits per heavy atom. The number of esters is 1. The summed E-state index contributed by atoms with van der Waals surface area (Å²) in [5, 5.41) is 11.2. The highest BCUT2D eigenvalue weighted by Crippen LogP contribution is 2.38. The number of nitrogens with one attached hydrogen (secondary N) is 2. The monoisotopic (exact) mass is 612 g/mol. The van der Waals surface area contributed by atoms with Gasteiger partial charge in [-0.25, -0.2) is 13.2 Å². The van der Waals surface area contributed by atoms with E-state index in [1.165, 1.54) is 31.2 Å². The van der Waals surface area contributed by atoms with Crippen molar-refractivity contribution in [1.29, 1.82) is 5.41 Å². The van der Waals surface area contributed by atoms with Crippen LogP contribution in [-0.2, 0) is 30.8 Å². The van der Waals surface area contributed by atoms with Gasteiger partial charge in [0.25, 0.3) is 5.91 Å². The molecule has 212 valence electrons. The van der Waals surface area contributed by atoms with E-state index in [2.05, 4.69) is 5.32 Å². The third kappa shape index (κ3) is 5.77. The normalized spacial score (nSPS) is 12.9. The fourth-order valence-electron chi connectivity index (χ4n) is 4.26. The molecule has 41 heavy (non-hydrogen) atoms. The maximum absolute atomic E-state index is 14.0. The van der Waals surface area contributed by atoms with Crippen LogP contribution in [0.15, 0.2) is 83.8 Å². The lowest BCUT2D eigenvalue weighted by Crippen LogP contribution is -2.52. The summed E-state index contributed by atoms with van der Waals surface area (Å²) in [7, 11) is -4.72. The van der Waals surface area contributed by atoms with Crippen LogP contribution in [0.4, 0.5) is 0 Å². The number of ether oxygens (including phenoxy) is 1. The van der Waals surface area contributed by atoms with Crippen molar-refractivity contribution in [2.24, 2.45) is 11.5 Å². The Balaban J connectivity index is 1.78. The Morgan fingerprint density at radius 2 is 1.71 bits per heavy atom. The van der Waals surface area contributed by atoms with Gasteiger partial charge in [0.15, 0.2) is 0 Å². The molecular weight excluding hydrogens is 587 g/mol. The van der Waals surface area contributed by atoms with Crippen molar-refractivity contribution in [2.45, 2.75) is 23.2 Å². The molecule has 4 aromatic carbocycles. The quantitative estimate of drug-likeness (QED) is 0.123. The molecular formula is C29H26Cl2N4O5S. The standard InChI is InChI=1S/C29H26Cl2N4O5S/c1-2-40-28(37)29(34,41(38,39)25-15-21(30)12-13-24(25)31)20-11-10-18-4-3-5-22(23(18)14-20)27(36)35-16-17-6-8-19(9-7-17)26(32)33/h3-15H,2,16,34H2,1H3,(H3,32,33)(H,35,36). The number of hydrogen-bond donors (Lipinski definition) is 4. The molecule has 0 aliphatic carbocycles. The fourth-order valence-corrected chi connectivity index (χ4v) is 6.59. The fraction of sp³-hybridized carbons (Fsp3) is 0.138. The van der Waals surface area contributed by atoms with Crippen molar-refractivity contribution in [3.05, 3.63) is 111 Å². The summed E-state index contributed by atoms with van der Waals surface area (Å²) in [6, 6.07) is 20.0. The van der Waals surface area contributed by atoms with Crippen LogP contribution < -0.4 is 16.8 Å². The first-order valence-electron chi connectivity index (χ1n) is 12.3. The number of carbonyl (C=O) groups is 2. The Kier molecular flexibility index (Phi) is 8.69. The first kappa shape index (κ1) is 30.0. The summed E-state index contributed by atoms with van der Waals surface area (Å²) in [6.45, 7) is 1.57. The van der Waals surface area contributed by atoms with E-state index in [1.807, 2.05) is 0 Å². The lowest BCUT2D eigenvalue weighted by Gasteiger charge is -2.28. The van der Waals surface area contributed by atoms with Crippen molar-refractivity contribution in [2.75, 3.05) is 6.61 Å². The molecule has 0 bridgehead atoms. The minimum absolute atomic E-state index is 0.0643. The van der Waals surface area contributed by atoms with E-state index in [1.54, 1.807) is 48.5 Å². The van der Waals surface area contributed by atoms with Crippen LogP contribution in [0.1, 0.15) is 34.0 Å². The third-order valence-corrected chi connectivity index (χ3v) is 9.30. The molecule has 0 aliphatic heterocycles. The molecule has 0 spiro atoms.